The molecule has 0 radical (unpaired) electrons. The highest BCUT2D eigenvalue weighted by Gasteiger charge is 2.16. The number of hydrogen-bond donors (Lipinski definition) is 1. The molecule has 3 aromatic rings. The zero-order valence-electron chi connectivity index (χ0n) is 13.4. The van der Waals surface area contributed by atoms with Crippen LogP contribution in [0.3, 0.4) is 0 Å². The molecule has 0 saturated heterocycles. The van der Waals surface area contributed by atoms with Crippen molar-refractivity contribution < 1.29 is 0 Å². The first-order valence-electron chi connectivity index (χ1n) is 7.54. The lowest BCUT2D eigenvalue weighted by atomic mass is 10.1. The van der Waals surface area contributed by atoms with Gasteiger partial charge in [0.1, 0.15) is 18.0 Å². The van der Waals surface area contributed by atoms with Gasteiger partial charge >= 0.3 is 0 Å². The van der Waals surface area contributed by atoms with E-state index in [0.717, 1.165) is 23.5 Å². The molecule has 0 aliphatic rings. The van der Waals surface area contributed by atoms with Gasteiger partial charge in [0.25, 0.3) is 11.3 Å². The Bertz CT molecular complexity index is 883. The van der Waals surface area contributed by atoms with Crippen LogP contribution in [0.25, 0.3) is 5.78 Å². The number of nitrogens with zero attached hydrogens (tertiary/aromatic N) is 6. The second kappa shape index (κ2) is 6.15. The molecule has 3 heterocycles. The molecule has 0 spiro atoms. The highest BCUT2D eigenvalue weighted by molar-refractivity contribution is 5.54. The van der Waals surface area contributed by atoms with Crippen molar-refractivity contribution in [3.05, 3.63) is 46.0 Å². The third-order valence-electron chi connectivity index (χ3n) is 3.83. The first-order valence-corrected chi connectivity index (χ1v) is 7.54. The summed E-state index contributed by atoms with van der Waals surface area (Å²) in [7, 11) is 2.00. The molecule has 23 heavy (non-hydrogen) atoms. The van der Waals surface area contributed by atoms with Crippen molar-refractivity contribution in [2.75, 3.05) is 18.5 Å². The Hall–Kier alpha value is -2.77. The summed E-state index contributed by atoms with van der Waals surface area (Å²) in [6.45, 7) is 4.78. The number of nitrogens with one attached hydrogen (secondary N) is 1. The molecular weight excluding hydrogens is 294 g/mol. The molecule has 8 nitrogen and oxygen atoms in total. The lowest BCUT2D eigenvalue weighted by Gasteiger charge is -2.23. The minimum absolute atomic E-state index is 0.134. The number of H-pyrrole nitrogens is 1. The Labute approximate surface area is 133 Å². The van der Waals surface area contributed by atoms with E-state index < -0.39 is 0 Å². The third-order valence-corrected chi connectivity index (χ3v) is 3.83. The molecule has 0 bridgehead atoms. The van der Waals surface area contributed by atoms with E-state index in [2.05, 4.69) is 36.9 Å². The summed E-state index contributed by atoms with van der Waals surface area (Å²) in [6, 6.07) is 1.41. The van der Waals surface area contributed by atoms with Crippen molar-refractivity contribution in [1.29, 1.82) is 0 Å². The van der Waals surface area contributed by atoms with Crippen molar-refractivity contribution in [2.24, 2.45) is 0 Å². The molecule has 8 heteroatoms. The van der Waals surface area contributed by atoms with Crippen molar-refractivity contribution in [2.45, 2.75) is 26.7 Å². The van der Waals surface area contributed by atoms with Gasteiger partial charge in [-0.2, -0.15) is 14.6 Å². The van der Waals surface area contributed by atoms with Gasteiger partial charge in [0.2, 0.25) is 0 Å². The van der Waals surface area contributed by atoms with E-state index in [4.69, 9.17) is 0 Å². The van der Waals surface area contributed by atoms with E-state index in [1.54, 1.807) is 4.52 Å². The van der Waals surface area contributed by atoms with Gasteiger partial charge in [0.05, 0.1) is 0 Å². The lowest BCUT2D eigenvalue weighted by Crippen LogP contribution is -2.26. The van der Waals surface area contributed by atoms with Crippen LogP contribution in [0.4, 0.5) is 5.82 Å². The molecule has 0 aliphatic heterocycles. The molecule has 1 N–H and O–H groups in total. The van der Waals surface area contributed by atoms with Gasteiger partial charge in [-0.1, -0.05) is 6.92 Å². The van der Waals surface area contributed by atoms with Crippen LogP contribution < -0.4 is 10.5 Å². The molecular formula is C15H19N7O. The summed E-state index contributed by atoms with van der Waals surface area (Å²) in [5.41, 5.74) is 1.96. The molecule has 0 aliphatic carbocycles. The van der Waals surface area contributed by atoms with Crippen LogP contribution in [-0.4, -0.2) is 43.1 Å². The molecule has 120 valence electrons. The van der Waals surface area contributed by atoms with Crippen molar-refractivity contribution in [3.8, 4) is 0 Å². The summed E-state index contributed by atoms with van der Waals surface area (Å²) in [4.78, 5) is 29.0. The number of aryl methyl sites for hydroxylation is 1. The van der Waals surface area contributed by atoms with E-state index in [-0.39, 0.29) is 5.56 Å². The predicted octanol–water partition coefficient (Wildman–Crippen LogP) is 0.757. The van der Waals surface area contributed by atoms with Crippen molar-refractivity contribution >= 4 is 11.6 Å². The number of anilines is 1. The standard InChI is InChI=1S/C15H19N7O/c1-4-11-10(2)19-15-17-9-18-22(15)14(11)21(3)8-6-12-16-7-5-13(23)20-12/h5,7,9H,4,6,8H2,1-3H3,(H,16,20,23). The van der Waals surface area contributed by atoms with E-state index in [0.29, 0.717) is 24.6 Å². The quantitative estimate of drug-likeness (QED) is 0.747. The normalized spacial score (nSPS) is 11.1. The molecule has 0 saturated carbocycles. The van der Waals surface area contributed by atoms with Crippen LogP contribution in [0.1, 0.15) is 24.0 Å². The largest absolute Gasteiger partial charge is 0.359 e. The Balaban J connectivity index is 1.92. The van der Waals surface area contributed by atoms with Crippen LogP contribution in [-0.2, 0) is 12.8 Å². The fourth-order valence-electron chi connectivity index (χ4n) is 2.69. The third kappa shape index (κ3) is 2.92. The maximum atomic E-state index is 11.4. The van der Waals surface area contributed by atoms with E-state index in [1.165, 1.54) is 18.6 Å². The highest BCUT2D eigenvalue weighted by Crippen LogP contribution is 2.22. The number of fused-ring (bicyclic) bond motifs is 1. The second-order valence-electron chi connectivity index (χ2n) is 5.38. The number of rotatable bonds is 5. The van der Waals surface area contributed by atoms with Crippen LogP contribution in [0.5, 0.6) is 0 Å². The Kier molecular flexibility index (Phi) is 4.05. The van der Waals surface area contributed by atoms with Crippen LogP contribution in [0.15, 0.2) is 23.4 Å². The summed E-state index contributed by atoms with van der Waals surface area (Å²) in [5, 5.41) is 4.29. The minimum Gasteiger partial charge on any atom is -0.359 e. The van der Waals surface area contributed by atoms with E-state index >= 15 is 0 Å². The fourth-order valence-corrected chi connectivity index (χ4v) is 2.69. The Morgan fingerprint density at radius 1 is 1.35 bits per heavy atom. The van der Waals surface area contributed by atoms with E-state index in [9.17, 15) is 4.79 Å². The van der Waals surface area contributed by atoms with Gasteiger partial charge in [-0.05, 0) is 13.3 Å². The van der Waals surface area contributed by atoms with Gasteiger partial charge < -0.3 is 9.88 Å². The molecule has 3 aromatic heterocycles. The molecule has 0 unspecified atom stereocenters. The number of hydrogen-bond acceptors (Lipinski definition) is 6. The van der Waals surface area contributed by atoms with E-state index in [1.807, 2.05) is 14.0 Å². The maximum Gasteiger partial charge on any atom is 0.254 e. The average molecular weight is 313 g/mol. The molecule has 0 atom stereocenters. The smallest absolute Gasteiger partial charge is 0.254 e. The molecule has 0 amide bonds. The number of likely N-dealkylation sites (N-methyl/N-ethyl adjacent to an activating group) is 1. The summed E-state index contributed by atoms with van der Waals surface area (Å²) in [5.74, 6) is 2.24. The second-order valence-corrected chi connectivity index (χ2v) is 5.38. The Morgan fingerprint density at radius 2 is 2.17 bits per heavy atom. The zero-order chi connectivity index (χ0) is 16.4. The summed E-state index contributed by atoms with van der Waals surface area (Å²) >= 11 is 0. The minimum atomic E-state index is -0.134. The lowest BCUT2D eigenvalue weighted by molar-refractivity contribution is 0.768. The zero-order valence-corrected chi connectivity index (χ0v) is 13.4. The topological polar surface area (TPSA) is 92.1 Å². The maximum absolute atomic E-state index is 11.4. The first-order chi connectivity index (χ1) is 11.1. The average Bonchev–Trinajstić information content (AvgIpc) is 2.99. The summed E-state index contributed by atoms with van der Waals surface area (Å²) in [6.07, 6.45) is 4.52. The van der Waals surface area contributed by atoms with Gasteiger partial charge in [-0.25, -0.2) is 9.97 Å². The van der Waals surface area contributed by atoms with Crippen molar-refractivity contribution in [1.82, 2.24) is 29.5 Å². The number of aromatic nitrogens is 6. The Morgan fingerprint density at radius 3 is 2.91 bits per heavy atom. The predicted molar refractivity (Wildman–Crippen MR) is 86.7 cm³/mol. The van der Waals surface area contributed by atoms with Crippen LogP contribution in [0.2, 0.25) is 0 Å². The SMILES string of the molecule is CCc1c(C)nc2ncnn2c1N(C)CCc1nccc(=O)[nH]1. The highest BCUT2D eigenvalue weighted by atomic mass is 16.1. The molecule has 0 fully saturated rings. The first kappa shape index (κ1) is 15.1. The van der Waals surface area contributed by atoms with Crippen LogP contribution in [0, 0.1) is 6.92 Å². The fraction of sp³-hybridized carbons (Fsp3) is 0.400. The van der Waals surface area contributed by atoms with Gasteiger partial charge in [0, 0.05) is 43.5 Å². The van der Waals surface area contributed by atoms with Gasteiger partial charge in [0.15, 0.2) is 0 Å². The van der Waals surface area contributed by atoms with Crippen LogP contribution >= 0.6 is 0 Å². The van der Waals surface area contributed by atoms with Gasteiger partial charge in [-0.15, -0.1) is 0 Å². The monoisotopic (exact) mass is 313 g/mol. The van der Waals surface area contributed by atoms with Gasteiger partial charge in [-0.3, -0.25) is 4.79 Å². The summed E-state index contributed by atoms with van der Waals surface area (Å²) < 4.78 is 1.76. The molecule has 3 rings (SSSR count). The molecule has 0 aromatic carbocycles. The van der Waals surface area contributed by atoms with Crippen molar-refractivity contribution in [3.63, 3.8) is 0 Å². The number of aromatic amines is 1.